The molecule has 88 valence electrons. The van der Waals surface area contributed by atoms with Crippen molar-refractivity contribution < 1.29 is 8.78 Å². The van der Waals surface area contributed by atoms with Crippen LogP contribution >= 0.6 is 0 Å². The van der Waals surface area contributed by atoms with Crippen LogP contribution in [0.25, 0.3) is 0 Å². The summed E-state index contributed by atoms with van der Waals surface area (Å²) in [5.41, 5.74) is 5.86. The molecule has 0 spiro atoms. The van der Waals surface area contributed by atoms with Crippen molar-refractivity contribution in [1.82, 2.24) is 5.32 Å². The summed E-state index contributed by atoms with van der Waals surface area (Å²) in [7, 11) is 0. The minimum atomic E-state index is -0.610. The Bertz CT molecular complexity index is 389. The largest absolute Gasteiger partial charge is 0.370 e. The number of halogens is 2. The number of nitrogens with zero attached hydrogens (tertiary/aromatic N) is 1. The van der Waals surface area contributed by atoms with E-state index < -0.39 is 11.6 Å². The average Bonchev–Trinajstić information content (AvgIpc) is 2.15. The van der Waals surface area contributed by atoms with E-state index in [0.29, 0.717) is 5.56 Å². The van der Waals surface area contributed by atoms with Crippen molar-refractivity contribution in [3.8, 4) is 0 Å². The normalized spacial score (nSPS) is 11.9. The smallest absolute Gasteiger partial charge is 0.189 e. The van der Waals surface area contributed by atoms with Crippen molar-refractivity contribution in [2.24, 2.45) is 10.7 Å². The van der Waals surface area contributed by atoms with Crippen LogP contribution in [0.5, 0.6) is 0 Å². The summed E-state index contributed by atoms with van der Waals surface area (Å²) < 4.78 is 25.8. The van der Waals surface area contributed by atoms with Crippen LogP contribution in [-0.4, -0.2) is 12.0 Å². The highest BCUT2D eigenvalue weighted by Crippen LogP contribution is 2.10. The zero-order valence-electron chi connectivity index (χ0n) is 9.30. The monoisotopic (exact) mass is 227 g/mol. The molecule has 3 N–H and O–H groups in total. The lowest BCUT2D eigenvalue weighted by molar-refractivity contribution is 0.572. The first-order chi connectivity index (χ1) is 7.49. The van der Waals surface area contributed by atoms with Gasteiger partial charge in [-0.05, 0) is 19.9 Å². The van der Waals surface area contributed by atoms with Crippen molar-refractivity contribution in [3.05, 3.63) is 35.4 Å². The molecule has 0 fully saturated rings. The highest BCUT2D eigenvalue weighted by Gasteiger charge is 2.03. The van der Waals surface area contributed by atoms with Gasteiger partial charge >= 0.3 is 0 Å². The molecule has 0 atom stereocenters. The van der Waals surface area contributed by atoms with Crippen LogP contribution in [0.15, 0.2) is 23.2 Å². The van der Waals surface area contributed by atoms with E-state index in [1.807, 2.05) is 13.8 Å². The molecule has 0 aliphatic heterocycles. The van der Waals surface area contributed by atoms with Crippen LogP contribution in [0, 0.1) is 11.6 Å². The molecule has 3 nitrogen and oxygen atoms in total. The van der Waals surface area contributed by atoms with Crippen molar-refractivity contribution in [3.63, 3.8) is 0 Å². The second-order valence-corrected chi connectivity index (χ2v) is 3.74. The number of hydrogen-bond acceptors (Lipinski definition) is 1. The average molecular weight is 227 g/mol. The molecule has 0 saturated heterocycles. The van der Waals surface area contributed by atoms with E-state index in [-0.39, 0.29) is 18.5 Å². The topological polar surface area (TPSA) is 50.4 Å². The zero-order valence-corrected chi connectivity index (χ0v) is 9.30. The van der Waals surface area contributed by atoms with Gasteiger partial charge < -0.3 is 11.1 Å². The van der Waals surface area contributed by atoms with E-state index in [1.165, 1.54) is 12.1 Å². The van der Waals surface area contributed by atoms with Crippen LogP contribution in [-0.2, 0) is 6.54 Å². The number of hydrogen-bond donors (Lipinski definition) is 2. The molecule has 0 bridgehead atoms. The molecule has 0 unspecified atom stereocenters. The lowest BCUT2D eigenvalue weighted by atomic mass is 10.2. The predicted molar refractivity (Wildman–Crippen MR) is 60.0 cm³/mol. The molecular formula is C11H15F2N3. The molecule has 0 aromatic heterocycles. The fourth-order valence-electron chi connectivity index (χ4n) is 1.16. The quantitative estimate of drug-likeness (QED) is 0.611. The van der Waals surface area contributed by atoms with Crippen molar-refractivity contribution in [2.75, 3.05) is 0 Å². The zero-order chi connectivity index (χ0) is 12.1. The minimum absolute atomic E-state index is 0.0949. The summed E-state index contributed by atoms with van der Waals surface area (Å²) in [6, 6.07) is 3.55. The van der Waals surface area contributed by atoms with Gasteiger partial charge in [-0.25, -0.2) is 13.8 Å². The summed E-state index contributed by atoms with van der Waals surface area (Å²) in [5.74, 6) is -0.960. The summed E-state index contributed by atoms with van der Waals surface area (Å²) in [5, 5.41) is 2.88. The molecular weight excluding hydrogens is 212 g/mol. The van der Waals surface area contributed by atoms with Crippen LogP contribution in [0.4, 0.5) is 8.78 Å². The number of nitrogens with two attached hydrogens (primary N) is 1. The van der Waals surface area contributed by atoms with Crippen molar-refractivity contribution in [1.29, 1.82) is 0 Å². The van der Waals surface area contributed by atoms with Gasteiger partial charge in [-0.1, -0.05) is 6.07 Å². The fraction of sp³-hybridized carbons (Fsp3) is 0.364. The Hall–Kier alpha value is -1.65. The third-order valence-corrected chi connectivity index (χ3v) is 1.87. The van der Waals surface area contributed by atoms with Crippen LogP contribution in [0.1, 0.15) is 19.4 Å². The van der Waals surface area contributed by atoms with E-state index in [1.54, 1.807) is 0 Å². The van der Waals surface area contributed by atoms with E-state index in [4.69, 9.17) is 5.73 Å². The van der Waals surface area contributed by atoms with Gasteiger partial charge in [-0.3, -0.25) is 0 Å². The lowest BCUT2D eigenvalue weighted by Gasteiger charge is -2.08. The molecule has 0 saturated carbocycles. The van der Waals surface area contributed by atoms with Gasteiger partial charge in [0.1, 0.15) is 11.6 Å². The molecule has 0 radical (unpaired) electrons. The van der Waals surface area contributed by atoms with Crippen LogP contribution in [0.2, 0.25) is 0 Å². The fourth-order valence-corrected chi connectivity index (χ4v) is 1.16. The van der Waals surface area contributed by atoms with E-state index in [9.17, 15) is 8.78 Å². The third kappa shape index (κ3) is 3.84. The maximum absolute atomic E-state index is 13.2. The maximum atomic E-state index is 13.2. The van der Waals surface area contributed by atoms with Gasteiger partial charge in [0.15, 0.2) is 5.96 Å². The Morgan fingerprint density at radius 2 is 2.12 bits per heavy atom. The molecule has 1 aromatic carbocycles. The number of rotatable bonds is 3. The number of aliphatic imine (C=N–C) groups is 1. The summed E-state index contributed by atoms with van der Waals surface area (Å²) >= 11 is 0. The summed E-state index contributed by atoms with van der Waals surface area (Å²) in [4.78, 5) is 3.95. The van der Waals surface area contributed by atoms with Gasteiger partial charge in [0, 0.05) is 17.7 Å². The van der Waals surface area contributed by atoms with Gasteiger partial charge in [-0.2, -0.15) is 0 Å². The van der Waals surface area contributed by atoms with E-state index in [0.717, 1.165) is 6.07 Å². The number of nitrogens with one attached hydrogen (secondary N) is 1. The molecule has 0 aliphatic rings. The molecule has 0 amide bonds. The Balaban J connectivity index is 2.67. The number of guanidine groups is 1. The highest BCUT2D eigenvalue weighted by molar-refractivity contribution is 5.78. The predicted octanol–water partition coefficient (Wildman–Crippen LogP) is 1.78. The SMILES string of the molecule is CC(C)NC(N)=NCc1ccc(F)cc1F. The highest BCUT2D eigenvalue weighted by atomic mass is 19.1. The Labute approximate surface area is 93.4 Å². The second-order valence-electron chi connectivity index (χ2n) is 3.74. The summed E-state index contributed by atoms with van der Waals surface area (Å²) in [6.45, 7) is 3.93. The first-order valence-corrected chi connectivity index (χ1v) is 4.99. The molecule has 0 heterocycles. The Kier molecular flexibility index (Phi) is 4.22. The van der Waals surface area contributed by atoms with Crippen LogP contribution in [0.3, 0.4) is 0 Å². The van der Waals surface area contributed by atoms with Crippen LogP contribution < -0.4 is 11.1 Å². The van der Waals surface area contributed by atoms with Gasteiger partial charge in [0.2, 0.25) is 0 Å². The molecule has 1 rings (SSSR count). The van der Waals surface area contributed by atoms with Crippen molar-refractivity contribution >= 4 is 5.96 Å². The van der Waals surface area contributed by atoms with E-state index >= 15 is 0 Å². The minimum Gasteiger partial charge on any atom is -0.370 e. The van der Waals surface area contributed by atoms with E-state index in [2.05, 4.69) is 10.3 Å². The first kappa shape index (κ1) is 12.4. The Morgan fingerprint density at radius 1 is 1.44 bits per heavy atom. The molecule has 1 aromatic rings. The first-order valence-electron chi connectivity index (χ1n) is 4.99. The second kappa shape index (κ2) is 5.44. The Morgan fingerprint density at radius 3 is 2.69 bits per heavy atom. The maximum Gasteiger partial charge on any atom is 0.189 e. The van der Waals surface area contributed by atoms with Crippen molar-refractivity contribution in [2.45, 2.75) is 26.4 Å². The standard InChI is InChI=1S/C11H15F2N3/c1-7(2)16-11(14)15-6-8-3-4-9(12)5-10(8)13/h3-5,7H,6H2,1-2H3,(H3,14,15,16). The van der Waals surface area contributed by atoms with Gasteiger partial charge in [-0.15, -0.1) is 0 Å². The van der Waals surface area contributed by atoms with Gasteiger partial charge in [0.05, 0.1) is 6.54 Å². The number of benzene rings is 1. The molecule has 16 heavy (non-hydrogen) atoms. The third-order valence-electron chi connectivity index (χ3n) is 1.87. The molecule has 5 heteroatoms. The molecule has 0 aliphatic carbocycles. The lowest BCUT2D eigenvalue weighted by Crippen LogP contribution is -2.36. The summed E-state index contributed by atoms with van der Waals surface area (Å²) in [6.07, 6.45) is 0. The van der Waals surface area contributed by atoms with Gasteiger partial charge in [0.25, 0.3) is 0 Å².